The normalized spacial score (nSPS) is 25.7. The Morgan fingerprint density at radius 3 is 2.38 bits per heavy atom. The number of rotatable bonds is 0. The third-order valence-electron chi connectivity index (χ3n) is 1.95. The van der Waals surface area contributed by atoms with E-state index in [2.05, 4.69) is 10.2 Å². The molecular weight excluding hydrogens is 170 g/mol. The molecule has 0 radical (unpaired) electrons. The molecule has 0 amide bonds. The second-order valence-electron chi connectivity index (χ2n) is 2.87. The Balaban J connectivity index is 2.56. The number of fused-ring (bicyclic) bond motifs is 1. The van der Waals surface area contributed by atoms with Gasteiger partial charge in [-0.2, -0.15) is 10.2 Å². The van der Waals surface area contributed by atoms with Gasteiger partial charge in [0.1, 0.15) is 0 Å². The Bertz CT molecular complexity index is 364. The standard InChI is InChI=1S/C8H9N3O2/c9-4-1-2-5-6(3-4)8(13)11-10-7(5)12/h1-3,7-8,12-13H,9H2. The summed E-state index contributed by atoms with van der Waals surface area (Å²) in [6.45, 7) is 0. The van der Waals surface area contributed by atoms with Gasteiger partial charge in [0.05, 0.1) is 0 Å². The van der Waals surface area contributed by atoms with E-state index in [-0.39, 0.29) is 0 Å². The molecule has 2 atom stereocenters. The fourth-order valence-electron chi connectivity index (χ4n) is 1.30. The van der Waals surface area contributed by atoms with Crippen LogP contribution in [0.3, 0.4) is 0 Å². The number of nitrogens with two attached hydrogens (primary N) is 1. The maximum absolute atomic E-state index is 9.38. The Hall–Kier alpha value is -1.46. The molecule has 68 valence electrons. The van der Waals surface area contributed by atoms with E-state index in [1.807, 2.05) is 0 Å². The van der Waals surface area contributed by atoms with Crippen molar-refractivity contribution in [2.75, 3.05) is 5.73 Å². The fourth-order valence-corrected chi connectivity index (χ4v) is 1.30. The number of nitrogens with zero attached hydrogens (tertiary/aromatic N) is 2. The van der Waals surface area contributed by atoms with Crippen LogP contribution in [-0.4, -0.2) is 10.2 Å². The van der Waals surface area contributed by atoms with Crippen LogP contribution in [0, 0.1) is 0 Å². The molecule has 0 aliphatic carbocycles. The van der Waals surface area contributed by atoms with E-state index in [0.717, 1.165) is 0 Å². The van der Waals surface area contributed by atoms with Crippen LogP contribution in [0.25, 0.3) is 0 Å². The fraction of sp³-hybridized carbons (Fsp3) is 0.250. The summed E-state index contributed by atoms with van der Waals surface area (Å²) in [5.74, 6) is 0. The average Bonchev–Trinajstić information content (AvgIpc) is 2.12. The van der Waals surface area contributed by atoms with E-state index in [4.69, 9.17) is 5.73 Å². The topological polar surface area (TPSA) is 91.2 Å². The third-order valence-corrected chi connectivity index (χ3v) is 1.95. The van der Waals surface area contributed by atoms with Crippen LogP contribution in [0.5, 0.6) is 0 Å². The SMILES string of the molecule is Nc1ccc2c(c1)C(O)N=NC2O. The number of hydrogen-bond acceptors (Lipinski definition) is 5. The van der Waals surface area contributed by atoms with Gasteiger partial charge in [-0.05, 0) is 12.1 Å². The van der Waals surface area contributed by atoms with Gasteiger partial charge in [-0.3, -0.25) is 0 Å². The molecule has 1 aromatic carbocycles. The number of hydrogen-bond donors (Lipinski definition) is 3. The molecule has 5 heteroatoms. The molecule has 5 nitrogen and oxygen atoms in total. The minimum atomic E-state index is -1.01. The summed E-state index contributed by atoms with van der Waals surface area (Å²) in [5.41, 5.74) is 7.12. The minimum absolute atomic E-state index is 0.516. The molecule has 0 saturated heterocycles. The van der Waals surface area contributed by atoms with Crippen molar-refractivity contribution < 1.29 is 10.2 Å². The van der Waals surface area contributed by atoms with E-state index in [1.165, 1.54) is 0 Å². The predicted octanol–water partition coefficient (Wildman–Crippen LogP) is 0.716. The number of anilines is 1. The van der Waals surface area contributed by atoms with Gasteiger partial charge in [0, 0.05) is 16.8 Å². The maximum Gasteiger partial charge on any atom is 0.192 e. The number of azo groups is 1. The summed E-state index contributed by atoms with van der Waals surface area (Å²) >= 11 is 0. The summed E-state index contributed by atoms with van der Waals surface area (Å²) in [7, 11) is 0. The van der Waals surface area contributed by atoms with Gasteiger partial charge in [-0.25, -0.2) is 0 Å². The van der Waals surface area contributed by atoms with Gasteiger partial charge >= 0.3 is 0 Å². The van der Waals surface area contributed by atoms with Gasteiger partial charge < -0.3 is 15.9 Å². The lowest BCUT2D eigenvalue weighted by molar-refractivity contribution is 0.118. The summed E-state index contributed by atoms with van der Waals surface area (Å²) in [5, 5.41) is 25.7. The van der Waals surface area contributed by atoms with E-state index < -0.39 is 12.5 Å². The molecule has 0 fully saturated rings. The molecule has 4 N–H and O–H groups in total. The lowest BCUT2D eigenvalue weighted by atomic mass is 10.0. The largest absolute Gasteiger partial charge is 0.399 e. The zero-order chi connectivity index (χ0) is 9.42. The quantitative estimate of drug-likeness (QED) is 0.512. The molecule has 2 rings (SSSR count). The maximum atomic E-state index is 9.38. The van der Waals surface area contributed by atoms with Crippen LogP contribution < -0.4 is 5.73 Å². The Morgan fingerprint density at radius 2 is 1.69 bits per heavy atom. The van der Waals surface area contributed by atoms with Crippen LogP contribution in [0.1, 0.15) is 23.6 Å². The zero-order valence-electron chi connectivity index (χ0n) is 6.75. The highest BCUT2D eigenvalue weighted by Gasteiger charge is 2.21. The molecule has 2 unspecified atom stereocenters. The van der Waals surface area contributed by atoms with Crippen LogP contribution in [0.15, 0.2) is 28.4 Å². The molecule has 1 aliphatic heterocycles. The van der Waals surface area contributed by atoms with Gasteiger partial charge in [-0.1, -0.05) is 6.07 Å². The van der Waals surface area contributed by atoms with E-state index >= 15 is 0 Å². The van der Waals surface area contributed by atoms with Crippen molar-refractivity contribution in [1.82, 2.24) is 0 Å². The van der Waals surface area contributed by atoms with E-state index in [9.17, 15) is 10.2 Å². The van der Waals surface area contributed by atoms with Crippen LogP contribution in [0.2, 0.25) is 0 Å². The second-order valence-corrected chi connectivity index (χ2v) is 2.87. The van der Waals surface area contributed by atoms with Gasteiger partial charge in [0.25, 0.3) is 0 Å². The molecule has 1 heterocycles. The minimum Gasteiger partial charge on any atom is -0.399 e. The van der Waals surface area contributed by atoms with Crippen molar-refractivity contribution in [3.63, 3.8) is 0 Å². The summed E-state index contributed by atoms with van der Waals surface area (Å²) in [6, 6.07) is 4.87. The number of aliphatic hydroxyl groups excluding tert-OH is 2. The molecule has 0 spiro atoms. The molecule has 0 saturated carbocycles. The van der Waals surface area contributed by atoms with Crippen LogP contribution >= 0.6 is 0 Å². The summed E-state index contributed by atoms with van der Waals surface area (Å²) < 4.78 is 0. The van der Waals surface area contributed by atoms with Crippen molar-refractivity contribution >= 4 is 5.69 Å². The molecular formula is C8H9N3O2. The van der Waals surface area contributed by atoms with E-state index in [0.29, 0.717) is 16.8 Å². The first-order valence-electron chi connectivity index (χ1n) is 3.84. The van der Waals surface area contributed by atoms with E-state index in [1.54, 1.807) is 18.2 Å². The molecule has 0 bridgehead atoms. The summed E-state index contributed by atoms with van der Waals surface area (Å²) in [6.07, 6.45) is -2.00. The van der Waals surface area contributed by atoms with Crippen molar-refractivity contribution in [3.8, 4) is 0 Å². The third kappa shape index (κ3) is 1.28. The van der Waals surface area contributed by atoms with Crippen LogP contribution in [0.4, 0.5) is 5.69 Å². The predicted molar refractivity (Wildman–Crippen MR) is 45.6 cm³/mol. The zero-order valence-corrected chi connectivity index (χ0v) is 6.75. The molecule has 0 aromatic heterocycles. The highest BCUT2D eigenvalue weighted by atomic mass is 16.3. The average molecular weight is 179 g/mol. The lowest BCUT2D eigenvalue weighted by Crippen LogP contribution is -2.08. The highest BCUT2D eigenvalue weighted by molar-refractivity contribution is 5.46. The Kier molecular flexibility index (Phi) is 1.75. The Morgan fingerprint density at radius 1 is 1.08 bits per heavy atom. The second kappa shape index (κ2) is 2.79. The first kappa shape index (κ1) is 8.15. The molecule has 1 aromatic rings. The molecule has 13 heavy (non-hydrogen) atoms. The first-order valence-corrected chi connectivity index (χ1v) is 3.84. The van der Waals surface area contributed by atoms with Crippen LogP contribution in [-0.2, 0) is 0 Å². The summed E-state index contributed by atoms with van der Waals surface area (Å²) in [4.78, 5) is 0. The molecule has 1 aliphatic rings. The first-order chi connectivity index (χ1) is 6.18. The smallest absolute Gasteiger partial charge is 0.192 e. The number of aliphatic hydroxyl groups is 2. The lowest BCUT2D eigenvalue weighted by Gasteiger charge is -2.18. The van der Waals surface area contributed by atoms with Gasteiger partial charge in [0.15, 0.2) is 12.5 Å². The number of nitrogen functional groups attached to an aromatic ring is 1. The highest BCUT2D eigenvalue weighted by Crippen LogP contribution is 2.32. The van der Waals surface area contributed by atoms with Gasteiger partial charge in [-0.15, -0.1) is 0 Å². The van der Waals surface area contributed by atoms with Crippen molar-refractivity contribution in [2.24, 2.45) is 10.2 Å². The van der Waals surface area contributed by atoms with Gasteiger partial charge in [0.2, 0.25) is 0 Å². The van der Waals surface area contributed by atoms with Crippen molar-refractivity contribution in [1.29, 1.82) is 0 Å². The van der Waals surface area contributed by atoms with Crippen molar-refractivity contribution in [2.45, 2.75) is 12.5 Å². The number of benzene rings is 1. The van der Waals surface area contributed by atoms with Crippen molar-refractivity contribution in [3.05, 3.63) is 29.3 Å². The Labute approximate surface area is 74.5 Å². The monoisotopic (exact) mass is 179 g/mol.